The number of rotatable bonds is 4. The molecule has 1 heterocycles. The molecule has 1 aromatic heterocycles. The van der Waals surface area contributed by atoms with Gasteiger partial charge in [-0.05, 0) is 30.7 Å². The average molecular weight is 271 g/mol. The van der Waals surface area contributed by atoms with Gasteiger partial charge in [-0.1, -0.05) is 6.07 Å². The molecule has 2 N–H and O–H groups in total. The van der Waals surface area contributed by atoms with Crippen molar-refractivity contribution < 1.29 is 9.13 Å². The number of benzene rings is 1. The molecule has 1 atom stereocenters. The van der Waals surface area contributed by atoms with Crippen molar-refractivity contribution in [3.63, 3.8) is 0 Å². The molecule has 0 saturated carbocycles. The maximum atomic E-state index is 13.7. The van der Waals surface area contributed by atoms with E-state index in [4.69, 9.17) is 15.7 Å². The molecule has 0 amide bonds. The summed E-state index contributed by atoms with van der Waals surface area (Å²) in [4.78, 5) is 3.87. The van der Waals surface area contributed by atoms with E-state index in [9.17, 15) is 4.39 Å². The van der Waals surface area contributed by atoms with E-state index in [0.717, 1.165) is 5.56 Å². The van der Waals surface area contributed by atoms with E-state index < -0.39 is 0 Å². The number of nitrogens with zero attached hydrogens (tertiary/aromatic N) is 2. The van der Waals surface area contributed by atoms with E-state index >= 15 is 0 Å². The second-order valence-electron chi connectivity index (χ2n) is 4.42. The van der Waals surface area contributed by atoms with Crippen molar-refractivity contribution in [2.24, 2.45) is 5.73 Å². The Morgan fingerprint density at radius 3 is 2.85 bits per heavy atom. The molecular weight excluding hydrogens is 257 g/mol. The summed E-state index contributed by atoms with van der Waals surface area (Å²) in [6.45, 7) is 1.97. The van der Waals surface area contributed by atoms with E-state index in [-0.39, 0.29) is 18.5 Å². The first-order valence-corrected chi connectivity index (χ1v) is 6.13. The normalized spacial score (nSPS) is 11.7. The van der Waals surface area contributed by atoms with Crippen LogP contribution in [0.15, 0.2) is 36.5 Å². The highest BCUT2D eigenvalue weighted by Gasteiger charge is 2.08. The Labute approximate surface area is 116 Å². The van der Waals surface area contributed by atoms with Crippen molar-refractivity contribution in [3.8, 4) is 11.8 Å². The molecule has 2 aromatic rings. The lowest BCUT2D eigenvalue weighted by Crippen LogP contribution is -2.07. The van der Waals surface area contributed by atoms with Crippen molar-refractivity contribution >= 4 is 0 Å². The molecule has 0 saturated heterocycles. The summed E-state index contributed by atoms with van der Waals surface area (Å²) in [6, 6.07) is 9.57. The first-order valence-electron chi connectivity index (χ1n) is 6.13. The minimum atomic E-state index is -0.384. The van der Waals surface area contributed by atoms with Crippen LogP contribution in [0.5, 0.6) is 5.75 Å². The molecule has 1 aromatic carbocycles. The lowest BCUT2D eigenvalue weighted by molar-refractivity contribution is 0.304. The summed E-state index contributed by atoms with van der Waals surface area (Å²) in [5, 5.41) is 8.75. The summed E-state index contributed by atoms with van der Waals surface area (Å²) in [5.74, 6) is 0.0344. The molecule has 0 aliphatic heterocycles. The molecule has 20 heavy (non-hydrogen) atoms. The van der Waals surface area contributed by atoms with Gasteiger partial charge in [-0.25, -0.2) is 9.37 Å². The molecule has 4 nitrogen and oxygen atoms in total. The van der Waals surface area contributed by atoms with E-state index in [1.165, 1.54) is 12.3 Å². The lowest BCUT2D eigenvalue weighted by atomic mass is 10.1. The van der Waals surface area contributed by atoms with Crippen molar-refractivity contribution in [1.82, 2.24) is 4.98 Å². The standard InChI is InChI=1S/C15H14FN3O/c1-10(18)14-3-2-13(7-15(14)16)20-9-11-4-5-19-12(6-11)8-17/h2-7,10H,9,18H2,1H3. The smallest absolute Gasteiger partial charge is 0.140 e. The van der Waals surface area contributed by atoms with E-state index in [2.05, 4.69) is 4.98 Å². The third-order valence-corrected chi connectivity index (χ3v) is 2.81. The van der Waals surface area contributed by atoms with E-state index in [1.807, 2.05) is 6.07 Å². The topological polar surface area (TPSA) is 71.9 Å². The number of nitriles is 1. The highest BCUT2D eigenvalue weighted by molar-refractivity contribution is 5.31. The third-order valence-electron chi connectivity index (χ3n) is 2.81. The molecule has 2 rings (SSSR count). The van der Waals surface area contributed by atoms with Crippen LogP contribution >= 0.6 is 0 Å². The summed E-state index contributed by atoms with van der Waals surface area (Å²) in [5.41, 5.74) is 7.22. The fourth-order valence-corrected chi connectivity index (χ4v) is 1.76. The quantitative estimate of drug-likeness (QED) is 0.928. The minimum Gasteiger partial charge on any atom is -0.489 e. The number of aromatic nitrogens is 1. The van der Waals surface area contributed by atoms with Crippen LogP contribution in [0.25, 0.3) is 0 Å². The molecule has 0 bridgehead atoms. The summed E-state index contributed by atoms with van der Waals surface area (Å²) >= 11 is 0. The van der Waals surface area contributed by atoms with Gasteiger partial charge in [-0.2, -0.15) is 5.26 Å². The van der Waals surface area contributed by atoms with Gasteiger partial charge in [0.15, 0.2) is 0 Å². The number of halogens is 1. The summed E-state index contributed by atoms with van der Waals surface area (Å²) in [7, 11) is 0. The maximum Gasteiger partial charge on any atom is 0.140 e. The van der Waals surface area contributed by atoms with Crippen LogP contribution in [-0.2, 0) is 6.61 Å². The molecule has 5 heteroatoms. The van der Waals surface area contributed by atoms with Crippen LogP contribution in [0.1, 0.15) is 29.8 Å². The molecule has 0 aliphatic rings. The Balaban J connectivity index is 2.07. The van der Waals surface area contributed by atoms with Gasteiger partial charge < -0.3 is 10.5 Å². The molecular formula is C15H14FN3O. The molecule has 1 unspecified atom stereocenters. The zero-order valence-electron chi connectivity index (χ0n) is 11.0. The lowest BCUT2D eigenvalue weighted by Gasteiger charge is -2.10. The Morgan fingerprint density at radius 2 is 2.20 bits per heavy atom. The molecule has 0 aliphatic carbocycles. The Bertz CT molecular complexity index is 650. The van der Waals surface area contributed by atoms with Crippen LogP contribution in [0.4, 0.5) is 4.39 Å². The highest BCUT2D eigenvalue weighted by atomic mass is 19.1. The van der Waals surface area contributed by atoms with Gasteiger partial charge in [0.25, 0.3) is 0 Å². The van der Waals surface area contributed by atoms with Gasteiger partial charge in [0.1, 0.15) is 29.9 Å². The van der Waals surface area contributed by atoms with Gasteiger partial charge in [0.2, 0.25) is 0 Å². The van der Waals surface area contributed by atoms with Crippen LogP contribution in [0.3, 0.4) is 0 Å². The van der Waals surface area contributed by atoms with Crippen LogP contribution < -0.4 is 10.5 Å². The van der Waals surface area contributed by atoms with E-state index in [1.54, 1.807) is 31.2 Å². The zero-order chi connectivity index (χ0) is 14.5. The number of nitrogens with two attached hydrogens (primary N) is 1. The Morgan fingerprint density at radius 1 is 1.40 bits per heavy atom. The summed E-state index contributed by atoms with van der Waals surface area (Å²) in [6.07, 6.45) is 1.54. The molecule has 0 spiro atoms. The van der Waals surface area contributed by atoms with Crippen LogP contribution in [0.2, 0.25) is 0 Å². The Hall–Kier alpha value is -2.45. The summed E-state index contributed by atoms with van der Waals surface area (Å²) < 4.78 is 19.2. The minimum absolute atomic E-state index is 0.244. The van der Waals surface area contributed by atoms with Crippen LogP contribution in [-0.4, -0.2) is 4.98 Å². The maximum absolute atomic E-state index is 13.7. The fraction of sp³-hybridized carbons (Fsp3) is 0.200. The van der Waals surface area contributed by atoms with Gasteiger partial charge in [0, 0.05) is 23.9 Å². The highest BCUT2D eigenvalue weighted by Crippen LogP contribution is 2.21. The fourth-order valence-electron chi connectivity index (χ4n) is 1.76. The number of ether oxygens (including phenoxy) is 1. The second kappa shape index (κ2) is 6.13. The molecule has 0 fully saturated rings. The molecule has 0 radical (unpaired) electrons. The largest absolute Gasteiger partial charge is 0.489 e. The SMILES string of the molecule is CC(N)c1ccc(OCc2ccnc(C#N)c2)cc1F. The average Bonchev–Trinajstić information content (AvgIpc) is 2.45. The Kier molecular flexibility index (Phi) is 4.28. The number of hydrogen-bond donors (Lipinski definition) is 1. The second-order valence-corrected chi connectivity index (χ2v) is 4.42. The predicted octanol–water partition coefficient (Wildman–Crippen LogP) is 2.69. The van der Waals surface area contributed by atoms with Crippen molar-refractivity contribution in [2.45, 2.75) is 19.6 Å². The van der Waals surface area contributed by atoms with Crippen molar-refractivity contribution in [3.05, 3.63) is 59.2 Å². The van der Waals surface area contributed by atoms with Gasteiger partial charge >= 0.3 is 0 Å². The van der Waals surface area contributed by atoms with Gasteiger partial charge in [-0.15, -0.1) is 0 Å². The third kappa shape index (κ3) is 3.31. The van der Waals surface area contributed by atoms with Gasteiger partial charge in [0.05, 0.1) is 0 Å². The van der Waals surface area contributed by atoms with Crippen LogP contribution in [0, 0.1) is 17.1 Å². The number of pyridine rings is 1. The first kappa shape index (κ1) is 14.0. The predicted molar refractivity (Wildman–Crippen MR) is 72.3 cm³/mol. The van der Waals surface area contributed by atoms with Crippen molar-refractivity contribution in [2.75, 3.05) is 0 Å². The zero-order valence-corrected chi connectivity index (χ0v) is 11.0. The monoisotopic (exact) mass is 271 g/mol. The van der Waals surface area contributed by atoms with Gasteiger partial charge in [-0.3, -0.25) is 0 Å². The van der Waals surface area contributed by atoms with Crippen molar-refractivity contribution in [1.29, 1.82) is 5.26 Å². The first-order chi connectivity index (χ1) is 9.60. The molecule has 102 valence electrons. The van der Waals surface area contributed by atoms with E-state index in [0.29, 0.717) is 17.0 Å². The number of hydrogen-bond acceptors (Lipinski definition) is 4.